The van der Waals surface area contributed by atoms with Crippen LogP contribution in [0.2, 0.25) is 0 Å². The van der Waals surface area contributed by atoms with E-state index >= 15 is 0 Å². The minimum absolute atomic E-state index is 0.118. The Hall–Kier alpha value is -2.71. The highest BCUT2D eigenvalue weighted by atomic mass is 32.2. The maximum atomic E-state index is 12.6. The molecule has 0 saturated heterocycles. The van der Waals surface area contributed by atoms with Crippen LogP contribution in [0.1, 0.15) is 17.3 Å². The lowest BCUT2D eigenvalue weighted by Gasteiger charge is -2.05. The first-order chi connectivity index (χ1) is 12.6. The van der Waals surface area contributed by atoms with E-state index in [1.807, 2.05) is 37.3 Å². The molecule has 8 heteroatoms. The quantitative estimate of drug-likeness (QED) is 0.363. The van der Waals surface area contributed by atoms with Crippen molar-refractivity contribution in [3.8, 4) is 11.3 Å². The van der Waals surface area contributed by atoms with Crippen molar-refractivity contribution in [1.29, 1.82) is 0 Å². The van der Waals surface area contributed by atoms with Crippen molar-refractivity contribution in [3.05, 3.63) is 70.3 Å². The Bertz CT molecular complexity index is 942. The molecule has 0 saturated carbocycles. The number of amides is 1. The van der Waals surface area contributed by atoms with Crippen molar-refractivity contribution in [3.63, 3.8) is 0 Å². The van der Waals surface area contributed by atoms with Gasteiger partial charge in [0.25, 0.3) is 11.6 Å². The third-order valence-corrected chi connectivity index (χ3v) is 5.46. The van der Waals surface area contributed by atoms with E-state index in [2.05, 4.69) is 10.3 Å². The van der Waals surface area contributed by atoms with Crippen LogP contribution in [0.25, 0.3) is 11.3 Å². The molecule has 132 valence electrons. The number of nitro benzene ring substituents is 1. The number of nitrogens with one attached hydrogen (secondary N) is 1. The van der Waals surface area contributed by atoms with Crippen LogP contribution in [0.15, 0.2) is 58.9 Å². The molecule has 1 N–H and O–H groups in total. The number of aromatic nitrogens is 1. The first-order valence-electron chi connectivity index (χ1n) is 7.83. The van der Waals surface area contributed by atoms with Gasteiger partial charge < -0.3 is 5.32 Å². The minimum Gasteiger partial charge on any atom is -0.312 e. The number of non-ortho nitro benzene ring substituents is 1. The summed E-state index contributed by atoms with van der Waals surface area (Å²) in [6.07, 6.45) is 0. The fourth-order valence-corrected chi connectivity index (χ4v) is 4.26. The average molecular weight is 385 g/mol. The zero-order chi connectivity index (χ0) is 18.5. The molecule has 6 nitrogen and oxygen atoms in total. The van der Waals surface area contributed by atoms with Crippen LogP contribution < -0.4 is 5.32 Å². The summed E-state index contributed by atoms with van der Waals surface area (Å²) >= 11 is 3.00. The Labute approximate surface area is 158 Å². The molecule has 0 spiro atoms. The maximum Gasteiger partial charge on any atom is 0.270 e. The Kier molecular flexibility index (Phi) is 5.65. The summed E-state index contributed by atoms with van der Waals surface area (Å²) in [6.45, 7) is 2.04. The highest BCUT2D eigenvalue weighted by Crippen LogP contribution is 2.37. The highest BCUT2D eigenvalue weighted by molar-refractivity contribution is 8.01. The van der Waals surface area contributed by atoms with E-state index in [4.69, 9.17) is 0 Å². The molecule has 0 aliphatic carbocycles. The lowest BCUT2D eigenvalue weighted by Crippen LogP contribution is -2.11. The molecule has 0 atom stereocenters. The van der Waals surface area contributed by atoms with Gasteiger partial charge in [-0.15, -0.1) is 0 Å². The molecule has 1 aromatic heterocycles. The van der Waals surface area contributed by atoms with Crippen LogP contribution in [-0.4, -0.2) is 21.6 Å². The fourth-order valence-electron chi connectivity index (χ4n) is 2.30. The van der Waals surface area contributed by atoms with Gasteiger partial charge in [0.2, 0.25) is 0 Å². The molecule has 0 aliphatic rings. The van der Waals surface area contributed by atoms with Crippen LogP contribution in [0.5, 0.6) is 0 Å². The highest BCUT2D eigenvalue weighted by Gasteiger charge is 2.18. The number of hydrogen-bond donors (Lipinski definition) is 1. The topological polar surface area (TPSA) is 85.1 Å². The zero-order valence-electron chi connectivity index (χ0n) is 13.8. The molecular weight excluding hydrogens is 370 g/mol. The number of benzene rings is 2. The predicted octanol–water partition coefficient (Wildman–Crippen LogP) is 5.08. The first kappa shape index (κ1) is 18.1. The van der Waals surface area contributed by atoms with Crippen molar-refractivity contribution >= 4 is 39.7 Å². The SMILES string of the molecule is CCSc1nc(-c2ccccc2)c(NC(=O)c2cccc([N+](=O)[O-])c2)s1. The number of nitro groups is 1. The van der Waals surface area contributed by atoms with E-state index in [0.29, 0.717) is 10.7 Å². The van der Waals surface area contributed by atoms with E-state index in [-0.39, 0.29) is 11.3 Å². The third kappa shape index (κ3) is 4.09. The zero-order valence-corrected chi connectivity index (χ0v) is 15.5. The van der Waals surface area contributed by atoms with Gasteiger partial charge in [0.15, 0.2) is 4.34 Å². The third-order valence-electron chi connectivity index (χ3n) is 3.47. The van der Waals surface area contributed by atoms with E-state index in [1.165, 1.54) is 29.5 Å². The number of carbonyl (C=O) groups is 1. The van der Waals surface area contributed by atoms with Gasteiger partial charge in [-0.1, -0.05) is 66.4 Å². The molecule has 3 rings (SSSR count). The van der Waals surface area contributed by atoms with E-state index in [9.17, 15) is 14.9 Å². The van der Waals surface area contributed by atoms with Gasteiger partial charge in [0.05, 0.1) is 4.92 Å². The fraction of sp³-hybridized carbons (Fsp3) is 0.111. The van der Waals surface area contributed by atoms with Gasteiger partial charge in [-0.3, -0.25) is 14.9 Å². The standard InChI is InChI=1S/C18H15N3O3S2/c1-2-25-18-19-15(12-7-4-3-5-8-12)17(26-18)20-16(22)13-9-6-10-14(11-13)21(23)24/h3-11H,2H2,1H3,(H,20,22). The summed E-state index contributed by atoms with van der Waals surface area (Å²) in [5, 5.41) is 14.4. The van der Waals surface area contributed by atoms with Gasteiger partial charge in [0, 0.05) is 23.3 Å². The first-order valence-corrected chi connectivity index (χ1v) is 9.63. The second kappa shape index (κ2) is 8.11. The van der Waals surface area contributed by atoms with Crippen LogP contribution in [0.3, 0.4) is 0 Å². The lowest BCUT2D eigenvalue weighted by molar-refractivity contribution is -0.384. The second-order valence-electron chi connectivity index (χ2n) is 5.22. The Morgan fingerprint density at radius 1 is 1.23 bits per heavy atom. The monoisotopic (exact) mass is 385 g/mol. The van der Waals surface area contributed by atoms with Crippen molar-refractivity contribution in [2.45, 2.75) is 11.3 Å². The number of anilines is 1. The van der Waals surface area contributed by atoms with E-state index in [1.54, 1.807) is 17.8 Å². The summed E-state index contributed by atoms with van der Waals surface area (Å²) in [7, 11) is 0. The molecule has 0 fully saturated rings. The van der Waals surface area contributed by atoms with Crippen molar-refractivity contribution < 1.29 is 9.72 Å². The van der Waals surface area contributed by atoms with Gasteiger partial charge in [-0.2, -0.15) is 0 Å². The minimum atomic E-state index is -0.519. The molecule has 3 aromatic rings. The maximum absolute atomic E-state index is 12.6. The molecule has 0 radical (unpaired) electrons. The van der Waals surface area contributed by atoms with Crippen molar-refractivity contribution in [2.24, 2.45) is 0 Å². The van der Waals surface area contributed by atoms with Gasteiger partial charge >= 0.3 is 0 Å². The summed E-state index contributed by atoms with van der Waals surface area (Å²) in [4.78, 5) is 27.6. The molecule has 26 heavy (non-hydrogen) atoms. The van der Waals surface area contributed by atoms with E-state index < -0.39 is 10.8 Å². The number of thioether (sulfide) groups is 1. The largest absolute Gasteiger partial charge is 0.312 e. The summed E-state index contributed by atoms with van der Waals surface area (Å²) in [6, 6.07) is 15.3. The Morgan fingerprint density at radius 3 is 2.69 bits per heavy atom. The van der Waals surface area contributed by atoms with Gasteiger partial charge in [-0.05, 0) is 11.8 Å². The second-order valence-corrected chi connectivity index (χ2v) is 7.73. The van der Waals surface area contributed by atoms with Gasteiger partial charge in [0.1, 0.15) is 10.7 Å². The number of rotatable bonds is 6. The number of carbonyl (C=O) groups excluding carboxylic acids is 1. The van der Waals surface area contributed by atoms with E-state index in [0.717, 1.165) is 15.7 Å². The normalized spacial score (nSPS) is 10.5. The number of thiazole rings is 1. The average Bonchev–Trinajstić information content (AvgIpc) is 3.05. The number of hydrogen-bond acceptors (Lipinski definition) is 6. The van der Waals surface area contributed by atoms with Gasteiger partial charge in [-0.25, -0.2) is 4.98 Å². The molecule has 0 bridgehead atoms. The van der Waals surface area contributed by atoms with Crippen LogP contribution in [-0.2, 0) is 0 Å². The molecule has 1 amide bonds. The van der Waals surface area contributed by atoms with Crippen molar-refractivity contribution in [2.75, 3.05) is 11.1 Å². The Balaban J connectivity index is 1.92. The molecule has 0 aliphatic heterocycles. The molecule has 1 heterocycles. The van der Waals surface area contributed by atoms with Crippen LogP contribution in [0, 0.1) is 10.1 Å². The Morgan fingerprint density at radius 2 is 2.00 bits per heavy atom. The molecular formula is C18H15N3O3S2. The summed E-state index contributed by atoms with van der Waals surface area (Å²) < 4.78 is 0.862. The van der Waals surface area contributed by atoms with Crippen LogP contribution in [0.4, 0.5) is 10.7 Å². The van der Waals surface area contributed by atoms with Crippen LogP contribution >= 0.6 is 23.1 Å². The summed E-state index contributed by atoms with van der Waals surface area (Å²) in [5.74, 6) is 0.475. The number of nitrogens with zero attached hydrogens (tertiary/aromatic N) is 2. The molecule has 0 unspecified atom stereocenters. The smallest absolute Gasteiger partial charge is 0.270 e. The lowest BCUT2D eigenvalue weighted by atomic mass is 10.1. The predicted molar refractivity (Wildman–Crippen MR) is 105 cm³/mol. The van der Waals surface area contributed by atoms with Crippen molar-refractivity contribution in [1.82, 2.24) is 4.98 Å². The molecule has 2 aromatic carbocycles. The summed E-state index contributed by atoms with van der Waals surface area (Å²) in [5.41, 5.74) is 1.72.